The molecule has 7 heavy (non-hydrogen) atoms. The van der Waals surface area contributed by atoms with Gasteiger partial charge in [0.05, 0.1) is 0 Å². The minimum Gasteiger partial charge on any atom is -0.284 e. The highest BCUT2D eigenvalue weighted by Crippen LogP contribution is 1.50. The number of aliphatic imine (C=N–C) groups is 1. The summed E-state index contributed by atoms with van der Waals surface area (Å²) >= 11 is 0. The van der Waals surface area contributed by atoms with Crippen LogP contribution in [0.25, 0.3) is 0 Å². The summed E-state index contributed by atoms with van der Waals surface area (Å²) in [5.74, 6) is 0. The summed E-state index contributed by atoms with van der Waals surface area (Å²) < 4.78 is 0. The zero-order valence-corrected chi connectivity index (χ0v) is 4.57. The molecule has 0 fully saturated rings. The van der Waals surface area contributed by atoms with Gasteiger partial charge < -0.3 is 0 Å². The Labute approximate surface area is 43.8 Å². The Balaban J connectivity index is 2.56. The maximum atomic E-state index is 3.55. The fraction of sp³-hybridized carbons (Fsp3) is 0.750. The van der Waals surface area contributed by atoms with E-state index in [2.05, 4.69) is 22.6 Å². The van der Waals surface area contributed by atoms with Gasteiger partial charge in [0.25, 0.3) is 0 Å². The van der Waals surface area contributed by atoms with Gasteiger partial charge in [-0.2, -0.15) is 0 Å². The molecule has 0 amide bonds. The zero-order chi connectivity index (χ0) is 5.54. The minimum absolute atomic E-state index is 0.577. The smallest absolute Gasteiger partial charge is 0.100 e. The highest BCUT2D eigenvalue weighted by atomic mass is 15.4. The molecule has 3 nitrogen and oxygen atoms in total. The van der Waals surface area contributed by atoms with Crippen LogP contribution in [0.5, 0.6) is 0 Å². The number of nitrogens with one attached hydrogen (secondary N) is 2. The van der Waals surface area contributed by atoms with Crippen molar-refractivity contribution in [2.45, 2.75) is 6.92 Å². The predicted molar refractivity (Wildman–Crippen MR) is 31.2 cm³/mol. The van der Waals surface area contributed by atoms with Crippen LogP contribution in [0.3, 0.4) is 0 Å². The Kier molecular flexibility index (Phi) is 5.26. The van der Waals surface area contributed by atoms with Crippen molar-refractivity contribution in [1.29, 1.82) is 0 Å². The lowest BCUT2D eigenvalue weighted by Crippen LogP contribution is -2.31. The molecule has 0 spiro atoms. The summed E-state index contributed by atoms with van der Waals surface area (Å²) in [5.41, 5.74) is 5.67. The first-order chi connectivity index (χ1) is 3.41. The standard InChI is InChI=1S/C4H11N3/c1-3-6-7-4-5-2/h6-7H,2-4H2,1H3. The lowest BCUT2D eigenvalue weighted by molar-refractivity contribution is 0.566. The van der Waals surface area contributed by atoms with Crippen molar-refractivity contribution < 1.29 is 0 Å². The Hall–Kier alpha value is -0.410. The number of rotatable bonds is 4. The second-order valence-corrected chi connectivity index (χ2v) is 1.09. The van der Waals surface area contributed by atoms with E-state index < -0.39 is 0 Å². The molecule has 0 unspecified atom stereocenters. The van der Waals surface area contributed by atoms with Gasteiger partial charge in [-0.15, -0.1) is 0 Å². The van der Waals surface area contributed by atoms with Gasteiger partial charge in [0.2, 0.25) is 0 Å². The van der Waals surface area contributed by atoms with Crippen LogP contribution in [0.1, 0.15) is 6.92 Å². The molecule has 0 aromatic rings. The maximum absolute atomic E-state index is 3.55. The summed E-state index contributed by atoms with van der Waals surface area (Å²) in [6.45, 7) is 6.78. The van der Waals surface area contributed by atoms with E-state index in [4.69, 9.17) is 0 Å². The SMILES string of the molecule is C=NCNNCC. The summed E-state index contributed by atoms with van der Waals surface area (Å²) in [6, 6.07) is 0. The molecule has 0 aliphatic carbocycles. The molecule has 3 heteroatoms. The van der Waals surface area contributed by atoms with E-state index in [1.807, 2.05) is 6.92 Å². The lowest BCUT2D eigenvalue weighted by atomic mass is 10.8. The van der Waals surface area contributed by atoms with E-state index in [1.54, 1.807) is 0 Å². The third-order valence-electron chi connectivity index (χ3n) is 0.493. The van der Waals surface area contributed by atoms with Crippen molar-refractivity contribution in [1.82, 2.24) is 10.9 Å². The highest BCUT2D eigenvalue weighted by molar-refractivity contribution is 5.22. The van der Waals surface area contributed by atoms with Gasteiger partial charge in [-0.05, 0) is 6.72 Å². The van der Waals surface area contributed by atoms with Gasteiger partial charge in [0.1, 0.15) is 6.67 Å². The van der Waals surface area contributed by atoms with Crippen LogP contribution >= 0.6 is 0 Å². The molecule has 0 radical (unpaired) electrons. The van der Waals surface area contributed by atoms with Crippen LogP contribution in [-0.4, -0.2) is 19.9 Å². The van der Waals surface area contributed by atoms with Crippen LogP contribution in [0.15, 0.2) is 4.99 Å². The van der Waals surface area contributed by atoms with E-state index >= 15 is 0 Å². The number of hydrogen-bond donors (Lipinski definition) is 2. The fourth-order valence-corrected chi connectivity index (χ4v) is 0.237. The average molecular weight is 101 g/mol. The summed E-state index contributed by atoms with van der Waals surface area (Å²) in [7, 11) is 0. The van der Waals surface area contributed by atoms with Crippen LogP contribution < -0.4 is 10.9 Å². The molecular weight excluding hydrogens is 90.1 g/mol. The van der Waals surface area contributed by atoms with E-state index in [0.29, 0.717) is 6.67 Å². The number of hydrogen-bond acceptors (Lipinski definition) is 3. The van der Waals surface area contributed by atoms with Gasteiger partial charge >= 0.3 is 0 Å². The summed E-state index contributed by atoms with van der Waals surface area (Å²) in [6.07, 6.45) is 0. The Morgan fingerprint density at radius 3 is 2.71 bits per heavy atom. The first kappa shape index (κ1) is 6.59. The maximum Gasteiger partial charge on any atom is 0.100 e. The van der Waals surface area contributed by atoms with Crippen molar-refractivity contribution in [2.75, 3.05) is 13.2 Å². The molecule has 0 saturated heterocycles. The molecule has 0 bridgehead atoms. The molecule has 2 N–H and O–H groups in total. The second kappa shape index (κ2) is 5.59. The molecular formula is C4H11N3. The molecule has 0 aliphatic rings. The molecule has 0 atom stereocenters. The van der Waals surface area contributed by atoms with Crippen LogP contribution in [0.4, 0.5) is 0 Å². The molecule has 0 aromatic heterocycles. The van der Waals surface area contributed by atoms with Gasteiger partial charge in [-0.1, -0.05) is 6.92 Å². The van der Waals surface area contributed by atoms with Crippen LogP contribution in [0.2, 0.25) is 0 Å². The monoisotopic (exact) mass is 101 g/mol. The quantitative estimate of drug-likeness (QED) is 0.291. The minimum atomic E-state index is 0.577. The predicted octanol–water partition coefficient (Wildman–Crippen LogP) is -0.241. The Morgan fingerprint density at radius 1 is 1.57 bits per heavy atom. The van der Waals surface area contributed by atoms with Gasteiger partial charge in [-0.3, -0.25) is 10.4 Å². The Morgan fingerprint density at radius 2 is 2.29 bits per heavy atom. The number of hydrazine groups is 1. The highest BCUT2D eigenvalue weighted by Gasteiger charge is 1.70. The largest absolute Gasteiger partial charge is 0.284 e. The van der Waals surface area contributed by atoms with Crippen molar-refractivity contribution in [3.05, 3.63) is 0 Å². The zero-order valence-electron chi connectivity index (χ0n) is 4.57. The third-order valence-corrected chi connectivity index (χ3v) is 0.493. The van der Waals surface area contributed by atoms with Gasteiger partial charge in [0.15, 0.2) is 0 Å². The molecule has 0 saturated carbocycles. The normalized spacial score (nSPS) is 8.71. The van der Waals surface area contributed by atoms with Crippen LogP contribution in [0, 0.1) is 0 Å². The van der Waals surface area contributed by atoms with Crippen LogP contribution in [-0.2, 0) is 0 Å². The molecule has 42 valence electrons. The Bertz CT molecular complexity index is 44.2. The molecule has 0 heterocycles. The van der Waals surface area contributed by atoms with Crippen molar-refractivity contribution in [3.63, 3.8) is 0 Å². The van der Waals surface area contributed by atoms with Gasteiger partial charge in [-0.25, -0.2) is 5.43 Å². The topological polar surface area (TPSA) is 36.4 Å². The van der Waals surface area contributed by atoms with Crippen molar-refractivity contribution in [2.24, 2.45) is 4.99 Å². The summed E-state index contributed by atoms with van der Waals surface area (Å²) in [5, 5.41) is 0. The lowest BCUT2D eigenvalue weighted by Gasteiger charge is -1.96. The molecule has 0 rings (SSSR count). The van der Waals surface area contributed by atoms with E-state index in [1.165, 1.54) is 0 Å². The van der Waals surface area contributed by atoms with E-state index in [9.17, 15) is 0 Å². The van der Waals surface area contributed by atoms with E-state index in [0.717, 1.165) is 6.54 Å². The molecule has 0 aromatic carbocycles. The van der Waals surface area contributed by atoms with Gasteiger partial charge in [0, 0.05) is 6.54 Å². The second-order valence-electron chi connectivity index (χ2n) is 1.09. The van der Waals surface area contributed by atoms with Crippen molar-refractivity contribution in [3.8, 4) is 0 Å². The number of nitrogens with zero attached hydrogens (tertiary/aromatic N) is 1. The first-order valence-corrected chi connectivity index (χ1v) is 2.30. The van der Waals surface area contributed by atoms with Crippen molar-refractivity contribution >= 4 is 6.72 Å². The third kappa shape index (κ3) is 5.59. The summed E-state index contributed by atoms with van der Waals surface area (Å²) in [4.78, 5) is 3.55. The average Bonchev–Trinajstić information content (AvgIpc) is 1.69. The van der Waals surface area contributed by atoms with E-state index in [-0.39, 0.29) is 0 Å². The fourth-order valence-electron chi connectivity index (χ4n) is 0.237. The first-order valence-electron chi connectivity index (χ1n) is 2.30. The molecule has 0 aliphatic heterocycles.